The normalized spacial score (nSPS) is 11.9. The van der Waals surface area contributed by atoms with Crippen molar-refractivity contribution >= 4 is 5.91 Å². The minimum Gasteiger partial charge on any atom is -0.368 e. The van der Waals surface area contributed by atoms with Gasteiger partial charge in [-0.3, -0.25) is 9.69 Å². The van der Waals surface area contributed by atoms with E-state index in [0.717, 1.165) is 5.56 Å². The first-order valence-electron chi connectivity index (χ1n) is 6.76. The van der Waals surface area contributed by atoms with E-state index in [1.54, 1.807) is 24.1 Å². The molecule has 2 N–H and O–H groups in total. The Balaban J connectivity index is 2.28. The zero-order valence-electron chi connectivity index (χ0n) is 12.2. The van der Waals surface area contributed by atoms with Crippen LogP contribution in [0.4, 0.5) is 4.39 Å². The number of halogens is 1. The monoisotopic (exact) mass is 297 g/mol. The number of hydrogen-bond donors (Lipinski definition) is 1. The van der Waals surface area contributed by atoms with Crippen LogP contribution in [-0.2, 0) is 11.3 Å². The quantitative estimate of drug-likeness (QED) is 0.921. The fourth-order valence-corrected chi connectivity index (χ4v) is 2.40. The number of primary amides is 1. The van der Waals surface area contributed by atoms with Crippen LogP contribution in [0.2, 0.25) is 0 Å². The van der Waals surface area contributed by atoms with Crippen LogP contribution in [0, 0.1) is 17.1 Å². The van der Waals surface area contributed by atoms with Crippen LogP contribution >= 0.6 is 0 Å². The lowest BCUT2D eigenvalue weighted by Crippen LogP contribution is -2.35. The van der Waals surface area contributed by atoms with E-state index in [2.05, 4.69) is 0 Å². The zero-order valence-corrected chi connectivity index (χ0v) is 12.2. The molecule has 112 valence electrons. The summed E-state index contributed by atoms with van der Waals surface area (Å²) >= 11 is 0. The van der Waals surface area contributed by atoms with Crippen LogP contribution in [0.15, 0.2) is 48.5 Å². The highest BCUT2D eigenvalue weighted by atomic mass is 19.1. The summed E-state index contributed by atoms with van der Waals surface area (Å²) in [6.45, 7) is 0.170. The van der Waals surface area contributed by atoms with Crippen LogP contribution < -0.4 is 5.73 Å². The molecule has 1 amide bonds. The number of nitrogens with zero attached hydrogens (tertiary/aromatic N) is 2. The number of amides is 1. The lowest BCUT2D eigenvalue weighted by Gasteiger charge is -2.26. The standard InChI is InChI=1S/C17H16FN3O/c1-21(11-14-9-12(10-19)7-8-15(14)18)16(17(20)22)13-5-3-2-4-6-13/h2-9,16H,11H2,1H3,(H2,20,22)/t16-/m0/s1. The first kappa shape index (κ1) is 15.7. The molecular weight excluding hydrogens is 281 g/mol. The maximum Gasteiger partial charge on any atom is 0.239 e. The third-order valence-corrected chi connectivity index (χ3v) is 3.42. The molecule has 4 nitrogen and oxygen atoms in total. The maximum absolute atomic E-state index is 13.9. The Morgan fingerprint density at radius 2 is 2.00 bits per heavy atom. The van der Waals surface area contributed by atoms with Gasteiger partial charge in [0.15, 0.2) is 0 Å². The lowest BCUT2D eigenvalue weighted by molar-refractivity contribution is -0.123. The fourth-order valence-electron chi connectivity index (χ4n) is 2.40. The molecule has 0 spiro atoms. The van der Waals surface area contributed by atoms with Crippen LogP contribution in [0.5, 0.6) is 0 Å². The summed E-state index contributed by atoms with van der Waals surface area (Å²) in [6.07, 6.45) is 0. The summed E-state index contributed by atoms with van der Waals surface area (Å²) in [7, 11) is 1.70. The molecule has 0 heterocycles. The molecule has 0 saturated heterocycles. The van der Waals surface area contributed by atoms with E-state index in [-0.39, 0.29) is 6.54 Å². The minimum absolute atomic E-state index is 0.170. The van der Waals surface area contributed by atoms with E-state index in [4.69, 9.17) is 11.0 Å². The van der Waals surface area contributed by atoms with Gasteiger partial charge >= 0.3 is 0 Å². The van der Waals surface area contributed by atoms with E-state index in [1.165, 1.54) is 18.2 Å². The van der Waals surface area contributed by atoms with Gasteiger partial charge in [-0.25, -0.2) is 4.39 Å². The van der Waals surface area contributed by atoms with Gasteiger partial charge in [0.2, 0.25) is 5.91 Å². The molecular formula is C17H16FN3O. The molecule has 0 aliphatic heterocycles. The van der Waals surface area contributed by atoms with Gasteiger partial charge in [-0.1, -0.05) is 30.3 Å². The van der Waals surface area contributed by atoms with Crippen molar-refractivity contribution in [2.45, 2.75) is 12.6 Å². The summed E-state index contributed by atoms with van der Waals surface area (Å²) in [4.78, 5) is 13.4. The van der Waals surface area contributed by atoms with Crippen LogP contribution in [-0.4, -0.2) is 17.9 Å². The maximum atomic E-state index is 13.9. The average Bonchev–Trinajstić information content (AvgIpc) is 2.50. The Hall–Kier alpha value is -2.71. The van der Waals surface area contributed by atoms with Crippen molar-refractivity contribution in [1.29, 1.82) is 5.26 Å². The molecule has 0 radical (unpaired) electrons. The SMILES string of the molecule is CN(Cc1cc(C#N)ccc1F)[C@H](C(N)=O)c1ccccc1. The van der Waals surface area contributed by atoms with Crippen molar-refractivity contribution in [3.05, 3.63) is 71.0 Å². The Morgan fingerprint density at radius 3 is 2.59 bits per heavy atom. The van der Waals surface area contributed by atoms with Gasteiger partial charge in [-0.15, -0.1) is 0 Å². The molecule has 2 aromatic rings. The van der Waals surface area contributed by atoms with Crippen molar-refractivity contribution in [2.75, 3.05) is 7.05 Å². The third-order valence-electron chi connectivity index (χ3n) is 3.42. The summed E-state index contributed by atoms with van der Waals surface area (Å²) in [6, 6.07) is 14.5. The number of hydrogen-bond acceptors (Lipinski definition) is 3. The molecule has 2 aromatic carbocycles. The molecule has 0 aromatic heterocycles. The summed E-state index contributed by atoms with van der Waals surface area (Å²) < 4.78 is 13.9. The second-order valence-electron chi connectivity index (χ2n) is 5.05. The highest BCUT2D eigenvalue weighted by Gasteiger charge is 2.23. The Labute approximate surface area is 128 Å². The van der Waals surface area contributed by atoms with Gasteiger partial charge in [-0.2, -0.15) is 5.26 Å². The highest BCUT2D eigenvalue weighted by molar-refractivity contribution is 5.81. The number of benzene rings is 2. The van der Waals surface area contributed by atoms with E-state index >= 15 is 0 Å². The Kier molecular flexibility index (Phi) is 4.87. The summed E-state index contributed by atoms with van der Waals surface area (Å²) in [5, 5.41) is 8.90. The van der Waals surface area contributed by atoms with Crippen LogP contribution in [0.25, 0.3) is 0 Å². The third kappa shape index (κ3) is 3.48. The molecule has 0 unspecified atom stereocenters. The number of rotatable bonds is 5. The van der Waals surface area contributed by atoms with Crippen molar-refractivity contribution in [1.82, 2.24) is 4.90 Å². The predicted octanol–water partition coefficient (Wildman–Crippen LogP) is 2.36. The largest absolute Gasteiger partial charge is 0.368 e. The number of nitrogens with two attached hydrogens (primary N) is 1. The van der Waals surface area contributed by atoms with E-state index in [9.17, 15) is 9.18 Å². The topological polar surface area (TPSA) is 70.1 Å². The average molecular weight is 297 g/mol. The number of carbonyl (C=O) groups excluding carboxylic acids is 1. The van der Waals surface area contributed by atoms with Crippen molar-refractivity contribution in [3.8, 4) is 6.07 Å². The first-order chi connectivity index (χ1) is 10.5. The second-order valence-corrected chi connectivity index (χ2v) is 5.05. The second kappa shape index (κ2) is 6.83. The molecule has 1 atom stereocenters. The number of likely N-dealkylation sites (N-methyl/N-ethyl adjacent to an activating group) is 1. The highest BCUT2D eigenvalue weighted by Crippen LogP contribution is 2.22. The molecule has 0 bridgehead atoms. The lowest BCUT2D eigenvalue weighted by atomic mass is 10.0. The zero-order chi connectivity index (χ0) is 16.1. The number of carbonyl (C=O) groups is 1. The van der Waals surface area contributed by atoms with Gasteiger partial charge < -0.3 is 5.73 Å². The Bertz CT molecular complexity index is 710. The summed E-state index contributed by atoms with van der Waals surface area (Å²) in [5.74, 6) is -0.923. The smallest absolute Gasteiger partial charge is 0.239 e. The first-order valence-corrected chi connectivity index (χ1v) is 6.76. The van der Waals surface area contributed by atoms with Crippen LogP contribution in [0.1, 0.15) is 22.7 Å². The Morgan fingerprint density at radius 1 is 1.32 bits per heavy atom. The summed E-state index contributed by atoms with van der Waals surface area (Å²) in [5.41, 5.74) is 6.96. The predicted molar refractivity (Wildman–Crippen MR) is 81.0 cm³/mol. The van der Waals surface area contributed by atoms with E-state index in [0.29, 0.717) is 11.1 Å². The molecule has 0 aliphatic carbocycles. The van der Waals surface area contributed by atoms with E-state index in [1.807, 2.05) is 24.3 Å². The number of nitriles is 1. The molecule has 5 heteroatoms. The molecule has 0 fully saturated rings. The van der Waals surface area contributed by atoms with Gasteiger partial charge in [0.05, 0.1) is 11.6 Å². The van der Waals surface area contributed by atoms with E-state index < -0.39 is 17.8 Å². The van der Waals surface area contributed by atoms with Crippen molar-refractivity contribution in [2.24, 2.45) is 5.73 Å². The van der Waals surface area contributed by atoms with Crippen LogP contribution in [0.3, 0.4) is 0 Å². The van der Waals surface area contributed by atoms with Crippen molar-refractivity contribution < 1.29 is 9.18 Å². The molecule has 0 saturated carbocycles. The van der Waals surface area contributed by atoms with Gasteiger partial charge in [0.25, 0.3) is 0 Å². The fraction of sp³-hybridized carbons (Fsp3) is 0.176. The van der Waals surface area contributed by atoms with Gasteiger partial charge in [-0.05, 0) is 30.8 Å². The molecule has 22 heavy (non-hydrogen) atoms. The van der Waals surface area contributed by atoms with Gasteiger partial charge in [0.1, 0.15) is 11.9 Å². The van der Waals surface area contributed by atoms with Crippen molar-refractivity contribution in [3.63, 3.8) is 0 Å². The molecule has 2 rings (SSSR count). The van der Waals surface area contributed by atoms with Gasteiger partial charge in [0, 0.05) is 12.1 Å². The molecule has 0 aliphatic rings. The minimum atomic E-state index is -0.661.